The van der Waals surface area contributed by atoms with Crippen molar-refractivity contribution in [2.24, 2.45) is 5.92 Å². The molecule has 5 nitrogen and oxygen atoms in total. The van der Waals surface area contributed by atoms with Crippen molar-refractivity contribution in [3.63, 3.8) is 0 Å². The first-order valence-electron chi connectivity index (χ1n) is 4.81. The van der Waals surface area contributed by atoms with Gasteiger partial charge in [-0.3, -0.25) is 0 Å². The monoisotopic (exact) mass is 335 g/mol. The third-order valence-corrected chi connectivity index (χ3v) is 5.88. The van der Waals surface area contributed by atoms with Crippen LogP contribution in [-0.4, -0.2) is 39.5 Å². The number of rotatable bonds is 7. The summed E-state index contributed by atoms with van der Waals surface area (Å²) >= 11 is 3.33. The SMILES string of the molecule is CC(C)CC(Br)CNS(=O)(=O)CS(C)(=O)=O. The van der Waals surface area contributed by atoms with E-state index in [1.165, 1.54) is 0 Å². The smallest absolute Gasteiger partial charge is 0.226 e. The van der Waals surface area contributed by atoms with E-state index in [0.29, 0.717) is 5.92 Å². The number of halogens is 1. The van der Waals surface area contributed by atoms with Gasteiger partial charge in [-0.1, -0.05) is 29.8 Å². The van der Waals surface area contributed by atoms with Crippen molar-refractivity contribution < 1.29 is 16.8 Å². The zero-order chi connectivity index (χ0) is 13.0. The number of sulfonamides is 1. The molecule has 0 spiro atoms. The summed E-state index contributed by atoms with van der Waals surface area (Å²) in [6.07, 6.45) is 1.72. The quantitative estimate of drug-likeness (QED) is 0.695. The summed E-state index contributed by atoms with van der Waals surface area (Å²) in [6.45, 7) is 4.26. The molecule has 0 heterocycles. The lowest BCUT2D eigenvalue weighted by Gasteiger charge is -2.13. The molecule has 0 saturated heterocycles. The van der Waals surface area contributed by atoms with Gasteiger partial charge in [0, 0.05) is 17.6 Å². The summed E-state index contributed by atoms with van der Waals surface area (Å²) in [6, 6.07) is 0. The molecule has 1 N–H and O–H groups in total. The van der Waals surface area contributed by atoms with Crippen molar-refractivity contribution in [3.8, 4) is 0 Å². The molecule has 98 valence electrons. The number of nitrogens with one attached hydrogen (secondary N) is 1. The van der Waals surface area contributed by atoms with Crippen LogP contribution in [0.2, 0.25) is 0 Å². The summed E-state index contributed by atoms with van der Waals surface area (Å²) in [4.78, 5) is 0.0156. The second-order valence-electron chi connectivity index (χ2n) is 4.23. The second-order valence-corrected chi connectivity index (χ2v) is 9.84. The number of sulfone groups is 1. The van der Waals surface area contributed by atoms with Crippen LogP contribution in [0.5, 0.6) is 0 Å². The summed E-state index contributed by atoms with van der Waals surface area (Å²) in [7, 11) is -7.26. The van der Waals surface area contributed by atoms with E-state index in [9.17, 15) is 16.8 Å². The molecule has 0 aromatic rings. The maximum Gasteiger partial charge on any atom is 0.226 e. The molecule has 0 rings (SSSR count). The first kappa shape index (κ1) is 16.3. The predicted octanol–water partition coefficient (Wildman–Crippen LogP) is 0.718. The summed E-state index contributed by atoms with van der Waals surface area (Å²) < 4.78 is 46.6. The lowest BCUT2D eigenvalue weighted by molar-refractivity contribution is 0.552. The van der Waals surface area contributed by atoms with Gasteiger partial charge >= 0.3 is 0 Å². The van der Waals surface area contributed by atoms with E-state index < -0.39 is 24.9 Å². The van der Waals surface area contributed by atoms with Crippen LogP contribution in [0.15, 0.2) is 0 Å². The van der Waals surface area contributed by atoms with E-state index in [1.807, 2.05) is 13.8 Å². The van der Waals surface area contributed by atoms with Crippen molar-refractivity contribution in [2.45, 2.75) is 25.1 Å². The van der Waals surface area contributed by atoms with Crippen LogP contribution in [0.1, 0.15) is 20.3 Å². The Morgan fingerprint density at radius 3 is 2.06 bits per heavy atom. The fourth-order valence-corrected chi connectivity index (χ4v) is 5.30. The zero-order valence-corrected chi connectivity index (χ0v) is 12.8. The Labute approximate surface area is 106 Å². The Bertz CT molecular complexity index is 402. The average Bonchev–Trinajstić information content (AvgIpc) is 1.95. The summed E-state index contributed by atoms with van der Waals surface area (Å²) in [5.74, 6) is 0.448. The van der Waals surface area contributed by atoms with Crippen LogP contribution in [0.25, 0.3) is 0 Å². The maximum atomic E-state index is 11.3. The van der Waals surface area contributed by atoms with Gasteiger partial charge in [0.15, 0.2) is 14.9 Å². The molecule has 0 aromatic heterocycles. The van der Waals surface area contributed by atoms with Gasteiger partial charge in [0.05, 0.1) is 0 Å². The molecule has 0 aromatic carbocycles. The molecule has 0 aliphatic heterocycles. The Balaban J connectivity index is 4.20. The van der Waals surface area contributed by atoms with E-state index in [-0.39, 0.29) is 11.4 Å². The normalized spacial score (nSPS) is 15.3. The highest BCUT2D eigenvalue weighted by molar-refractivity contribution is 9.09. The van der Waals surface area contributed by atoms with E-state index >= 15 is 0 Å². The Morgan fingerprint density at radius 1 is 1.19 bits per heavy atom. The third kappa shape index (κ3) is 9.56. The molecule has 1 unspecified atom stereocenters. The van der Waals surface area contributed by atoms with Gasteiger partial charge in [0.25, 0.3) is 0 Å². The van der Waals surface area contributed by atoms with Gasteiger partial charge in [0.1, 0.15) is 0 Å². The van der Waals surface area contributed by atoms with Crippen LogP contribution in [0.4, 0.5) is 0 Å². The number of hydrogen-bond donors (Lipinski definition) is 1. The first-order chi connectivity index (χ1) is 7.02. The van der Waals surface area contributed by atoms with Crippen LogP contribution < -0.4 is 4.72 Å². The molecular weight excluding hydrogens is 318 g/mol. The van der Waals surface area contributed by atoms with E-state index in [2.05, 4.69) is 20.7 Å². The average molecular weight is 336 g/mol. The van der Waals surface area contributed by atoms with Crippen molar-refractivity contribution in [2.75, 3.05) is 17.9 Å². The van der Waals surface area contributed by atoms with Gasteiger partial charge in [-0.05, 0) is 12.3 Å². The van der Waals surface area contributed by atoms with Crippen molar-refractivity contribution in [3.05, 3.63) is 0 Å². The van der Waals surface area contributed by atoms with Gasteiger partial charge in [-0.2, -0.15) is 0 Å². The highest BCUT2D eigenvalue weighted by Crippen LogP contribution is 2.11. The molecule has 0 saturated carbocycles. The molecule has 1 atom stereocenters. The molecule has 0 fully saturated rings. The fourth-order valence-electron chi connectivity index (χ4n) is 1.14. The van der Waals surface area contributed by atoms with Gasteiger partial charge < -0.3 is 0 Å². The predicted molar refractivity (Wildman–Crippen MR) is 68.8 cm³/mol. The van der Waals surface area contributed by atoms with Crippen LogP contribution >= 0.6 is 15.9 Å². The lowest BCUT2D eigenvalue weighted by atomic mass is 10.1. The Hall–Kier alpha value is 0.340. The molecule has 0 aliphatic carbocycles. The van der Waals surface area contributed by atoms with Gasteiger partial charge in [-0.25, -0.2) is 21.6 Å². The van der Waals surface area contributed by atoms with Crippen molar-refractivity contribution in [1.29, 1.82) is 0 Å². The van der Waals surface area contributed by atoms with E-state index in [4.69, 9.17) is 0 Å². The van der Waals surface area contributed by atoms with Crippen molar-refractivity contribution in [1.82, 2.24) is 4.72 Å². The van der Waals surface area contributed by atoms with Crippen LogP contribution in [0, 0.1) is 5.92 Å². The standard InChI is InChI=1S/C8H18BrNO4S2/c1-7(2)4-8(9)5-10-16(13,14)6-15(3,11)12/h7-8,10H,4-6H2,1-3H3. The molecule has 0 radical (unpaired) electrons. The van der Waals surface area contributed by atoms with E-state index in [1.54, 1.807) is 0 Å². The van der Waals surface area contributed by atoms with Gasteiger partial charge in [0.2, 0.25) is 10.0 Å². The first-order valence-corrected chi connectivity index (χ1v) is 9.44. The minimum Gasteiger partial charge on any atom is -0.228 e. The van der Waals surface area contributed by atoms with Crippen molar-refractivity contribution >= 4 is 35.8 Å². The topological polar surface area (TPSA) is 80.3 Å². The van der Waals surface area contributed by atoms with E-state index in [0.717, 1.165) is 12.7 Å². The molecule has 8 heteroatoms. The molecule has 0 bridgehead atoms. The summed E-state index contributed by atoms with van der Waals surface area (Å²) in [5, 5.41) is -0.860. The number of hydrogen-bond acceptors (Lipinski definition) is 4. The molecule has 0 aliphatic rings. The van der Waals surface area contributed by atoms with Gasteiger partial charge in [-0.15, -0.1) is 0 Å². The third-order valence-electron chi connectivity index (χ3n) is 1.62. The largest absolute Gasteiger partial charge is 0.228 e. The molecule has 0 amide bonds. The Kier molecular flexibility index (Phi) is 6.45. The minimum absolute atomic E-state index is 0.0156. The highest BCUT2D eigenvalue weighted by atomic mass is 79.9. The number of alkyl halides is 1. The molecule has 16 heavy (non-hydrogen) atoms. The second kappa shape index (κ2) is 6.32. The fraction of sp³-hybridized carbons (Fsp3) is 1.00. The maximum absolute atomic E-state index is 11.3. The molecular formula is C8H18BrNO4S2. The summed E-state index contributed by atoms with van der Waals surface area (Å²) in [5.41, 5.74) is 0. The lowest BCUT2D eigenvalue weighted by Crippen LogP contribution is -2.34. The van der Waals surface area contributed by atoms with Crippen LogP contribution in [0.3, 0.4) is 0 Å². The van der Waals surface area contributed by atoms with Crippen LogP contribution in [-0.2, 0) is 19.9 Å². The minimum atomic E-state index is -3.74. The zero-order valence-electron chi connectivity index (χ0n) is 9.60. The highest BCUT2D eigenvalue weighted by Gasteiger charge is 2.19. The Morgan fingerprint density at radius 2 is 1.69 bits per heavy atom.